The van der Waals surface area contributed by atoms with Gasteiger partial charge in [-0.05, 0) is 43.0 Å². The quantitative estimate of drug-likeness (QED) is 0.436. The summed E-state index contributed by atoms with van der Waals surface area (Å²) in [6, 6.07) is 3.67. The van der Waals surface area contributed by atoms with Crippen LogP contribution in [0.3, 0.4) is 0 Å². The lowest BCUT2D eigenvalue weighted by Gasteiger charge is -2.08. The zero-order valence-electron chi connectivity index (χ0n) is 10.4. The third-order valence-corrected chi connectivity index (χ3v) is 3.03. The molecule has 0 spiro atoms. The molecule has 0 saturated heterocycles. The Balaban J connectivity index is 2.45. The highest BCUT2D eigenvalue weighted by atomic mass is 16.3. The molecule has 0 heterocycles. The molecule has 0 amide bonds. The second kappa shape index (κ2) is 6.41. The minimum atomic E-state index is 0.217. The van der Waals surface area contributed by atoms with E-state index in [9.17, 15) is 5.11 Å². The van der Waals surface area contributed by atoms with E-state index in [0.29, 0.717) is 5.69 Å². The van der Waals surface area contributed by atoms with Gasteiger partial charge >= 0.3 is 0 Å². The van der Waals surface area contributed by atoms with Gasteiger partial charge < -0.3 is 10.8 Å². The molecular weight excluding hydrogens is 198 g/mol. The predicted molar refractivity (Wildman–Crippen MR) is 69.7 cm³/mol. The molecule has 0 bridgehead atoms. The molecule has 1 aromatic rings. The first-order valence-electron chi connectivity index (χ1n) is 6.23. The highest BCUT2D eigenvalue weighted by Gasteiger charge is 2.03. The van der Waals surface area contributed by atoms with Crippen LogP contribution in [0.2, 0.25) is 0 Å². The third-order valence-electron chi connectivity index (χ3n) is 3.03. The lowest BCUT2D eigenvalue weighted by atomic mass is 10.0. The monoisotopic (exact) mass is 221 g/mol. The lowest BCUT2D eigenvalue weighted by Crippen LogP contribution is -1.94. The first kappa shape index (κ1) is 12.9. The maximum atomic E-state index is 9.54. The number of rotatable bonds is 6. The van der Waals surface area contributed by atoms with Crippen LogP contribution in [0.5, 0.6) is 5.75 Å². The van der Waals surface area contributed by atoms with E-state index in [1.165, 1.54) is 43.2 Å². The second-order valence-corrected chi connectivity index (χ2v) is 4.50. The fraction of sp³-hybridized carbons (Fsp3) is 0.571. The molecule has 0 saturated carbocycles. The second-order valence-electron chi connectivity index (χ2n) is 4.50. The number of unbranched alkanes of at least 4 members (excludes halogenated alkanes) is 4. The number of aromatic hydroxyl groups is 1. The first-order chi connectivity index (χ1) is 7.65. The lowest BCUT2D eigenvalue weighted by molar-refractivity contribution is 0.476. The van der Waals surface area contributed by atoms with E-state index in [1.54, 1.807) is 0 Å². The maximum Gasteiger partial charge on any atom is 0.138 e. The molecule has 0 unspecified atom stereocenters. The largest absolute Gasteiger partial charge is 0.506 e. The smallest absolute Gasteiger partial charge is 0.138 e. The van der Waals surface area contributed by atoms with E-state index in [0.717, 1.165) is 6.42 Å². The van der Waals surface area contributed by atoms with E-state index in [-0.39, 0.29) is 5.75 Å². The molecule has 2 nitrogen and oxygen atoms in total. The average Bonchev–Trinajstić information content (AvgIpc) is 2.25. The van der Waals surface area contributed by atoms with Crippen LogP contribution in [-0.2, 0) is 6.42 Å². The van der Waals surface area contributed by atoms with Crippen molar-refractivity contribution in [3.05, 3.63) is 23.3 Å². The third kappa shape index (κ3) is 3.76. The van der Waals surface area contributed by atoms with Crippen LogP contribution < -0.4 is 5.73 Å². The summed E-state index contributed by atoms with van der Waals surface area (Å²) in [6.45, 7) is 4.28. The van der Waals surface area contributed by atoms with Gasteiger partial charge in [-0.1, -0.05) is 32.6 Å². The van der Waals surface area contributed by atoms with Crippen molar-refractivity contribution in [2.24, 2.45) is 0 Å². The normalized spacial score (nSPS) is 10.6. The minimum absolute atomic E-state index is 0.217. The number of anilines is 1. The molecule has 3 N–H and O–H groups in total. The Morgan fingerprint density at radius 2 is 1.81 bits per heavy atom. The van der Waals surface area contributed by atoms with Crippen LogP contribution in [-0.4, -0.2) is 5.11 Å². The Morgan fingerprint density at radius 3 is 2.50 bits per heavy atom. The van der Waals surface area contributed by atoms with Gasteiger partial charge in [-0.15, -0.1) is 0 Å². The number of phenolic OH excluding ortho intramolecular Hbond substituents is 1. The summed E-state index contributed by atoms with van der Waals surface area (Å²) in [5, 5.41) is 9.54. The number of benzene rings is 1. The number of hydrogen-bond donors (Lipinski definition) is 2. The SMILES string of the molecule is CCCCCCCc1cc(O)c(N)cc1C. The molecule has 0 aliphatic rings. The average molecular weight is 221 g/mol. The van der Waals surface area contributed by atoms with Gasteiger partial charge in [0.1, 0.15) is 5.75 Å². The highest BCUT2D eigenvalue weighted by Crippen LogP contribution is 2.25. The molecular formula is C14H23NO. The molecule has 0 fully saturated rings. The Labute approximate surface area is 98.5 Å². The van der Waals surface area contributed by atoms with Gasteiger partial charge in [0.25, 0.3) is 0 Å². The molecule has 1 rings (SSSR count). The standard InChI is InChI=1S/C14H23NO/c1-3-4-5-6-7-8-12-10-14(16)13(15)9-11(12)2/h9-10,16H,3-8,15H2,1-2H3. The van der Waals surface area contributed by atoms with Crippen LogP contribution in [0.4, 0.5) is 5.69 Å². The summed E-state index contributed by atoms with van der Waals surface area (Å²) in [7, 11) is 0. The van der Waals surface area contributed by atoms with Crippen LogP contribution >= 0.6 is 0 Å². The van der Waals surface area contributed by atoms with Crippen molar-refractivity contribution in [2.75, 3.05) is 5.73 Å². The highest BCUT2D eigenvalue weighted by molar-refractivity contribution is 5.55. The number of nitrogen functional groups attached to an aromatic ring is 1. The molecule has 1 aromatic carbocycles. The molecule has 0 radical (unpaired) electrons. The van der Waals surface area contributed by atoms with Crippen molar-refractivity contribution >= 4 is 5.69 Å². The fourth-order valence-corrected chi connectivity index (χ4v) is 1.95. The van der Waals surface area contributed by atoms with Crippen molar-refractivity contribution < 1.29 is 5.11 Å². The van der Waals surface area contributed by atoms with Crippen molar-refractivity contribution in [3.63, 3.8) is 0 Å². The van der Waals surface area contributed by atoms with E-state index in [1.807, 2.05) is 12.1 Å². The predicted octanol–water partition coefficient (Wildman–Crippen LogP) is 3.80. The van der Waals surface area contributed by atoms with Crippen LogP contribution in [0, 0.1) is 6.92 Å². The molecule has 90 valence electrons. The summed E-state index contributed by atoms with van der Waals surface area (Å²) < 4.78 is 0. The van der Waals surface area contributed by atoms with Gasteiger partial charge in [-0.25, -0.2) is 0 Å². The number of phenols is 1. The summed E-state index contributed by atoms with van der Waals surface area (Å²) >= 11 is 0. The summed E-state index contributed by atoms with van der Waals surface area (Å²) in [4.78, 5) is 0. The summed E-state index contributed by atoms with van der Waals surface area (Å²) in [5.41, 5.74) is 8.52. The van der Waals surface area contributed by atoms with Gasteiger partial charge in [-0.3, -0.25) is 0 Å². The van der Waals surface area contributed by atoms with Gasteiger partial charge in [0.15, 0.2) is 0 Å². The van der Waals surface area contributed by atoms with Crippen LogP contribution in [0.1, 0.15) is 50.2 Å². The molecule has 0 aliphatic heterocycles. The Morgan fingerprint density at radius 1 is 1.12 bits per heavy atom. The summed E-state index contributed by atoms with van der Waals surface area (Å²) in [6.07, 6.45) is 7.44. The maximum absolute atomic E-state index is 9.54. The molecule has 0 aromatic heterocycles. The molecule has 0 aliphatic carbocycles. The minimum Gasteiger partial charge on any atom is -0.506 e. The number of hydrogen-bond acceptors (Lipinski definition) is 2. The fourth-order valence-electron chi connectivity index (χ4n) is 1.95. The first-order valence-corrected chi connectivity index (χ1v) is 6.23. The number of nitrogens with two attached hydrogens (primary N) is 1. The zero-order valence-corrected chi connectivity index (χ0v) is 10.4. The molecule has 2 heteroatoms. The van der Waals surface area contributed by atoms with Crippen molar-refractivity contribution in [1.29, 1.82) is 0 Å². The van der Waals surface area contributed by atoms with E-state index in [2.05, 4.69) is 13.8 Å². The molecule has 16 heavy (non-hydrogen) atoms. The Kier molecular flexibility index (Phi) is 5.17. The van der Waals surface area contributed by atoms with Gasteiger partial charge in [-0.2, -0.15) is 0 Å². The van der Waals surface area contributed by atoms with Gasteiger partial charge in [0.05, 0.1) is 5.69 Å². The Hall–Kier alpha value is -1.18. The van der Waals surface area contributed by atoms with Gasteiger partial charge in [0.2, 0.25) is 0 Å². The topological polar surface area (TPSA) is 46.2 Å². The van der Waals surface area contributed by atoms with Crippen molar-refractivity contribution in [2.45, 2.75) is 52.4 Å². The van der Waals surface area contributed by atoms with E-state index in [4.69, 9.17) is 5.73 Å². The van der Waals surface area contributed by atoms with E-state index < -0.39 is 0 Å². The molecule has 0 atom stereocenters. The number of aryl methyl sites for hydroxylation is 2. The Bertz CT molecular complexity index is 334. The van der Waals surface area contributed by atoms with Crippen LogP contribution in [0.15, 0.2) is 12.1 Å². The summed E-state index contributed by atoms with van der Waals surface area (Å²) in [5.74, 6) is 0.217. The van der Waals surface area contributed by atoms with Crippen LogP contribution in [0.25, 0.3) is 0 Å². The van der Waals surface area contributed by atoms with E-state index >= 15 is 0 Å². The van der Waals surface area contributed by atoms with Gasteiger partial charge in [0, 0.05) is 0 Å². The van der Waals surface area contributed by atoms with Crippen molar-refractivity contribution in [1.82, 2.24) is 0 Å². The zero-order chi connectivity index (χ0) is 12.0. The van der Waals surface area contributed by atoms with Crippen molar-refractivity contribution in [3.8, 4) is 5.75 Å².